The van der Waals surface area contributed by atoms with Crippen molar-refractivity contribution < 1.29 is 14.3 Å². The summed E-state index contributed by atoms with van der Waals surface area (Å²) in [5.41, 5.74) is 0.230. The molecule has 0 amide bonds. The van der Waals surface area contributed by atoms with E-state index in [-0.39, 0.29) is 23.0 Å². The van der Waals surface area contributed by atoms with E-state index in [0.717, 1.165) is 32.0 Å². The number of nitrogens with one attached hydrogen (secondary N) is 1. The molecule has 1 aromatic rings. The van der Waals surface area contributed by atoms with Gasteiger partial charge in [-0.1, -0.05) is 0 Å². The molecule has 3 nitrogen and oxygen atoms in total. The minimum atomic E-state index is -0.528. The van der Waals surface area contributed by atoms with Gasteiger partial charge >= 0.3 is 0 Å². The molecule has 0 radical (unpaired) electrons. The summed E-state index contributed by atoms with van der Waals surface area (Å²) in [7, 11) is 0. The van der Waals surface area contributed by atoms with E-state index in [0.29, 0.717) is 0 Å². The van der Waals surface area contributed by atoms with Crippen LogP contribution in [-0.4, -0.2) is 24.0 Å². The summed E-state index contributed by atoms with van der Waals surface area (Å²) >= 11 is 0. The average Bonchev–Trinajstić information content (AvgIpc) is 2.29. The van der Waals surface area contributed by atoms with E-state index in [1.807, 2.05) is 0 Å². The standard InChI is InChI=1S/C12H14FNO2/c13-9-1-2-10(11(15)7-9)12(16)8-3-5-14-6-4-8/h1-2,7-8,14-15H,3-6H2. The van der Waals surface area contributed by atoms with E-state index < -0.39 is 5.82 Å². The van der Waals surface area contributed by atoms with E-state index >= 15 is 0 Å². The molecular weight excluding hydrogens is 209 g/mol. The van der Waals surface area contributed by atoms with E-state index in [9.17, 15) is 14.3 Å². The molecule has 86 valence electrons. The lowest BCUT2D eigenvalue weighted by Gasteiger charge is -2.21. The Morgan fingerprint density at radius 3 is 2.69 bits per heavy atom. The van der Waals surface area contributed by atoms with Crippen LogP contribution in [0.15, 0.2) is 18.2 Å². The van der Waals surface area contributed by atoms with Gasteiger partial charge in [0.1, 0.15) is 11.6 Å². The van der Waals surface area contributed by atoms with Crippen molar-refractivity contribution in [1.29, 1.82) is 0 Å². The largest absolute Gasteiger partial charge is 0.507 e. The van der Waals surface area contributed by atoms with Crippen molar-refractivity contribution >= 4 is 5.78 Å². The van der Waals surface area contributed by atoms with Gasteiger partial charge < -0.3 is 10.4 Å². The van der Waals surface area contributed by atoms with Crippen LogP contribution in [0.2, 0.25) is 0 Å². The van der Waals surface area contributed by atoms with E-state index in [4.69, 9.17) is 0 Å². The summed E-state index contributed by atoms with van der Waals surface area (Å²) in [6, 6.07) is 3.54. The fourth-order valence-corrected chi connectivity index (χ4v) is 2.02. The van der Waals surface area contributed by atoms with Crippen LogP contribution in [0.4, 0.5) is 4.39 Å². The molecule has 0 aromatic heterocycles. The van der Waals surface area contributed by atoms with Crippen LogP contribution in [0.1, 0.15) is 23.2 Å². The van der Waals surface area contributed by atoms with E-state index in [1.54, 1.807) is 0 Å². The predicted molar refractivity (Wildman–Crippen MR) is 58.0 cm³/mol. The highest BCUT2D eigenvalue weighted by Gasteiger charge is 2.24. The number of rotatable bonds is 2. The first-order valence-electron chi connectivity index (χ1n) is 5.42. The SMILES string of the molecule is O=C(c1ccc(F)cc1O)C1CCNCC1. The number of aromatic hydroxyl groups is 1. The molecule has 1 heterocycles. The Hall–Kier alpha value is -1.42. The summed E-state index contributed by atoms with van der Waals surface area (Å²) in [5.74, 6) is -0.931. The van der Waals surface area contributed by atoms with Crippen molar-refractivity contribution in [3.63, 3.8) is 0 Å². The summed E-state index contributed by atoms with van der Waals surface area (Å²) < 4.78 is 12.8. The minimum Gasteiger partial charge on any atom is -0.507 e. The van der Waals surface area contributed by atoms with Crippen LogP contribution in [0, 0.1) is 11.7 Å². The molecule has 0 unspecified atom stereocenters. The molecule has 1 aliphatic rings. The lowest BCUT2D eigenvalue weighted by Crippen LogP contribution is -2.31. The van der Waals surface area contributed by atoms with E-state index in [1.165, 1.54) is 12.1 Å². The molecule has 1 aromatic carbocycles. The van der Waals surface area contributed by atoms with Crippen molar-refractivity contribution in [2.75, 3.05) is 13.1 Å². The highest BCUT2D eigenvalue weighted by molar-refractivity contribution is 6.00. The van der Waals surface area contributed by atoms with Gasteiger partial charge in [0.2, 0.25) is 0 Å². The first-order chi connectivity index (χ1) is 7.68. The molecule has 2 rings (SSSR count). The summed E-state index contributed by atoms with van der Waals surface area (Å²) in [4.78, 5) is 12.0. The molecule has 0 saturated carbocycles. The van der Waals surface area contributed by atoms with Crippen LogP contribution < -0.4 is 5.32 Å². The molecule has 0 aliphatic carbocycles. The summed E-state index contributed by atoms with van der Waals surface area (Å²) in [6.45, 7) is 1.64. The Labute approximate surface area is 93.3 Å². The van der Waals surface area contributed by atoms with Gasteiger partial charge in [-0.2, -0.15) is 0 Å². The third-order valence-electron chi connectivity index (χ3n) is 2.94. The van der Waals surface area contributed by atoms with Crippen molar-refractivity contribution in [1.82, 2.24) is 5.32 Å². The number of hydrogen-bond acceptors (Lipinski definition) is 3. The molecule has 0 bridgehead atoms. The fourth-order valence-electron chi connectivity index (χ4n) is 2.02. The third kappa shape index (κ3) is 2.22. The zero-order valence-electron chi connectivity index (χ0n) is 8.87. The number of phenolic OH excluding ortho intramolecular Hbond substituents is 1. The zero-order valence-corrected chi connectivity index (χ0v) is 8.87. The first-order valence-corrected chi connectivity index (χ1v) is 5.42. The van der Waals surface area contributed by atoms with Gasteiger partial charge in [0, 0.05) is 12.0 Å². The predicted octanol–water partition coefficient (Wildman–Crippen LogP) is 1.71. The smallest absolute Gasteiger partial charge is 0.169 e. The number of hydrogen-bond donors (Lipinski definition) is 2. The lowest BCUT2D eigenvalue weighted by atomic mass is 9.89. The zero-order chi connectivity index (χ0) is 11.5. The molecule has 0 spiro atoms. The van der Waals surface area contributed by atoms with Crippen molar-refractivity contribution in [3.05, 3.63) is 29.6 Å². The van der Waals surface area contributed by atoms with Crippen LogP contribution >= 0.6 is 0 Å². The monoisotopic (exact) mass is 223 g/mol. The lowest BCUT2D eigenvalue weighted by molar-refractivity contribution is 0.0892. The first kappa shape index (κ1) is 11.1. The molecule has 1 saturated heterocycles. The topological polar surface area (TPSA) is 49.3 Å². The molecule has 0 atom stereocenters. The molecular formula is C12H14FNO2. The Kier molecular flexibility index (Phi) is 3.19. The molecule has 1 fully saturated rings. The maximum absolute atomic E-state index is 12.8. The van der Waals surface area contributed by atoms with Gasteiger partial charge in [0.15, 0.2) is 5.78 Å². The number of phenols is 1. The molecule has 1 aliphatic heterocycles. The highest BCUT2D eigenvalue weighted by Crippen LogP contribution is 2.25. The minimum absolute atomic E-state index is 0.0578. The van der Waals surface area contributed by atoms with Gasteiger partial charge in [-0.15, -0.1) is 0 Å². The number of piperidine rings is 1. The second-order valence-electron chi connectivity index (χ2n) is 4.05. The Bertz CT molecular complexity index is 400. The Morgan fingerprint density at radius 1 is 1.38 bits per heavy atom. The molecule has 16 heavy (non-hydrogen) atoms. The van der Waals surface area contributed by atoms with Gasteiger partial charge in [0.05, 0.1) is 5.56 Å². The summed E-state index contributed by atoms with van der Waals surface area (Å²) in [6.07, 6.45) is 1.55. The highest BCUT2D eigenvalue weighted by atomic mass is 19.1. The van der Waals surface area contributed by atoms with Gasteiger partial charge in [-0.3, -0.25) is 4.79 Å². The normalized spacial score (nSPS) is 17.3. The Morgan fingerprint density at radius 2 is 2.06 bits per heavy atom. The Balaban J connectivity index is 2.19. The summed E-state index contributed by atoms with van der Waals surface area (Å²) in [5, 5.41) is 12.7. The van der Waals surface area contributed by atoms with Crippen LogP contribution in [0.5, 0.6) is 5.75 Å². The number of carbonyl (C=O) groups is 1. The van der Waals surface area contributed by atoms with Crippen LogP contribution in [0.25, 0.3) is 0 Å². The number of benzene rings is 1. The third-order valence-corrected chi connectivity index (χ3v) is 2.94. The van der Waals surface area contributed by atoms with Gasteiger partial charge in [-0.25, -0.2) is 4.39 Å². The number of ketones is 1. The average molecular weight is 223 g/mol. The van der Waals surface area contributed by atoms with Gasteiger partial charge in [0.25, 0.3) is 0 Å². The second-order valence-corrected chi connectivity index (χ2v) is 4.05. The molecule has 2 N–H and O–H groups in total. The van der Waals surface area contributed by atoms with Crippen molar-refractivity contribution in [2.24, 2.45) is 5.92 Å². The van der Waals surface area contributed by atoms with E-state index in [2.05, 4.69) is 5.32 Å². The van der Waals surface area contributed by atoms with Gasteiger partial charge in [-0.05, 0) is 38.1 Å². The number of carbonyl (C=O) groups excluding carboxylic acids is 1. The number of halogens is 1. The number of Topliss-reactive ketones (excluding diaryl/α,β-unsaturated/α-hetero) is 1. The van der Waals surface area contributed by atoms with Crippen LogP contribution in [0.3, 0.4) is 0 Å². The van der Waals surface area contributed by atoms with Crippen molar-refractivity contribution in [2.45, 2.75) is 12.8 Å². The maximum Gasteiger partial charge on any atom is 0.169 e. The van der Waals surface area contributed by atoms with Crippen LogP contribution in [-0.2, 0) is 0 Å². The maximum atomic E-state index is 12.8. The second kappa shape index (κ2) is 4.61. The molecule has 4 heteroatoms. The van der Waals surface area contributed by atoms with Crippen molar-refractivity contribution in [3.8, 4) is 5.75 Å². The fraction of sp³-hybridized carbons (Fsp3) is 0.417. The quantitative estimate of drug-likeness (QED) is 0.750.